The molecule has 19 heavy (non-hydrogen) atoms. The van der Waals surface area contributed by atoms with Gasteiger partial charge in [-0.1, -0.05) is 11.3 Å². The predicted octanol–water partition coefficient (Wildman–Crippen LogP) is 0.863. The number of nitrogens with two attached hydrogens (primary N) is 1. The van der Waals surface area contributed by atoms with Gasteiger partial charge in [0.1, 0.15) is 10.7 Å². The van der Waals surface area contributed by atoms with Gasteiger partial charge in [0.2, 0.25) is 0 Å². The van der Waals surface area contributed by atoms with Crippen molar-refractivity contribution in [3.8, 4) is 0 Å². The van der Waals surface area contributed by atoms with Crippen LogP contribution >= 0.6 is 11.3 Å². The molecule has 108 valence electrons. The van der Waals surface area contributed by atoms with Crippen LogP contribution in [0.5, 0.6) is 0 Å². The van der Waals surface area contributed by atoms with Crippen LogP contribution < -0.4 is 16.0 Å². The molecular formula is C12H23N5OS. The Balaban J connectivity index is 2.70. The Morgan fingerprint density at radius 1 is 1.37 bits per heavy atom. The van der Waals surface area contributed by atoms with Gasteiger partial charge in [-0.15, -0.1) is 0 Å². The molecule has 0 saturated heterocycles. The molecule has 0 aliphatic carbocycles. The molecule has 0 saturated carbocycles. The standard InChI is InChI=1S/C12H23N5OS/c1-5-17(6-2)12-15-10(13)9(19-12)11(18)14-7-8-16(3)4/h5-8,13H2,1-4H3,(H,14,18). The number of nitrogens with zero attached hydrogens (tertiary/aromatic N) is 3. The quantitative estimate of drug-likeness (QED) is 0.777. The second-order valence-electron chi connectivity index (χ2n) is 4.44. The summed E-state index contributed by atoms with van der Waals surface area (Å²) in [5.74, 6) is 0.171. The van der Waals surface area contributed by atoms with Crippen molar-refractivity contribution in [2.45, 2.75) is 13.8 Å². The van der Waals surface area contributed by atoms with Crippen LogP contribution in [0, 0.1) is 0 Å². The zero-order valence-electron chi connectivity index (χ0n) is 12.1. The first-order valence-electron chi connectivity index (χ1n) is 6.43. The molecule has 1 heterocycles. The molecule has 1 aromatic rings. The molecule has 1 rings (SSSR count). The average Bonchev–Trinajstić information content (AvgIpc) is 2.72. The van der Waals surface area contributed by atoms with Gasteiger partial charge < -0.3 is 20.9 Å². The lowest BCUT2D eigenvalue weighted by Gasteiger charge is -2.16. The summed E-state index contributed by atoms with van der Waals surface area (Å²) in [5, 5.41) is 3.66. The monoisotopic (exact) mass is 285 g/mol. The first kappa shape index (κ1) is 15.7. The minimum Gasteiger partial charge on any atom is -0.382 e. The van der Waals surface area contributed by atoms with Gasteiger partial charge in [-0.2, -0.15) is 0 Å². The Bertz CT molecular complexity index is 414. The summed E-state index contributed by atoms with van der Waals surface area (Å²) >= 11 is 1.35. The summed E-state index contributed by atoms with van der Waals surface area (Å²) < 4.78 is 0. The molecule has 0 aromatic carbocycles. The summed E-state index contributed by atoms with van der Waals surface area (Å²) in [4.78, 5) is 20.9. The second-order valence-corrected chi connectivity index (χ2v) is 5.42. The van der Waals surface area contributed by atoms with E-state index in [1.807, 2.05) is 19.0 Å². The number of amides is 1. The van der Waals surface area contributed by atoms with Crippen LogP contribution in [0.2, 0.25) is 0 Å². The minimum absolute atomic E-state index is 0.143. The van der Waals surface area contributed by atoms with Crippen LogP contribution in [0.15, 0.2) is 0 Å². The van der Waals surface area contributed by atoms with Crippen molar-refractivity contribution in [3.05, 3.63) is 4.88 Å². The number of hydrogen-bond acceptors (Lipinski definition) is 6. The number of hydrogen-bond donors (Lipinski definition) is 2. The van der Waals surface area contributed by atoms with Gasteiger partial charge in [0.15, 0.2) is 5.13 Å². The third-order valence-corrected chi connectivity index (χ3v) is 3.86. The van der Waals surface area contributed by atoms with Crippen LogP contribution in [0.25, 0.3) is 0 Å². The Morgan fingerprint density at radius 2 is 2.00 bits per heavy atom. The first-order valence-corrected chi connectivity index (χ1v) is 7.25. The number of thiazole rings is 1. The summed E-state index contributed by atoms with van der Waals surface area (Å²) in [6, 6.07) is 0. The molecule has 0 unspecified atom stereocenters. The number of anilines is 2. The van der Waals surface area contributed by atoms with E-state index in [9.17, 15) is 4.79 Å². The van der Waals surface area contributed by atoms with E-state index in [1.165, 1.54) is 11.3 Å². The summed E-state index contributed by atoms with van der Waals surface area (Å²) in [6.07, 6.45) is 0. The third kappa shape index (κ3) is 4.36. The highest BCUT2D eigenvalue weighted by Gasteiger charge is 2.18. The molecule has 1 aromatic heterocycles. The van der Waals surface area contributed by atoms with Crippen LogP contribution in [0.1, 0.15) is 23.5 Å². The highest BCUT2D eigenvalue weighted by molar-refractivity contribution is 7.18. The Labute approximate surface area is 118 Å². The van der Waals surface area contributed by atoms with Gasteiger partial charge in [0, 0.05) is 26.2 Å². The van der Waals surface area contributed by atoms with Crippen LogP contribution in [0.4, 0.5) is 10.9 Å². The highest BCUT2D eigenvalue weighted by Crippen LogP contribution is 2.27. The molecular weight excluding hydrogens is 262 g/mol. The average molecular weight is 285 g/mol. The van der Waals surface area contributed by atoms with Gasteiger partial charge in [0.25, 0.3) is 5.91 Å². The van der Waals surface area contributed by atoms with Crippen molar-refractivity contribution in [3.63, 3.8) is 0 Å². The van der Waals surface area contributed by atoms with E-state index in [0.717, 1.165) is 24.8 Å². The van der Waals surface area contributed by atoms with Crippen molar-refractivity contribution in [1.82, 2.24) is 15.2 Å². The van der Waals surface area contributed by atoms with E-state index in [4.69, 9.17) is 5.73 Å². The normalized spacial score (nSPS) is 10.8. The summed E-state index contributed by atoms with van der Waals surface area (Å²) in [7, 11) is 3.93. The molecule has 1 amide bonds. The molecule has 6 nitrogen and oxygen atoms in total. The largest absolute Gasteiger partial charge is 0.382 e. The number of nitrogen functional groups attached to an aromatic ring is 1. The van der Waals surface area contributed by atoms with Crippen LogP contribution in [-0.2, 0) is 0 Å². The Hall–Kier alpha value is -1.34. The maximum absolute atomic E-state index is 12.0. The van der Waals surface area contributed by atoms with E-state index < -0.39 is 0 Å². The molecule has 0 spiro atoms. The van der Waals surface area contributed by atoms with Gasteiger partial charge in [-0.3, -0.25) is 4.79 Å². The van der Waals surface area contributed by atoms with E-state index in [1.54, 1.807) is 0 Å². The maximum Gasteiger partial charge on any atom is 0.265 e. The molecule has 0 radical (unpaired) electrons. The molecule has 0 aliphatic heterocycles. The zero-order valence-corrected chi connectivity index (χ0v) is 12.9. The fourth-order valence-corrected chi connectivity index (χ4v) is 2.61. The van der Waals surface area contributed by atoms with E-state index in [-0.39, 0.29) is 5.91 Å². The molecule has 3 N–H and O–H groups in total. The van der Waals surface area contributed by atoms with E-state index in [0.29, 0.717) is 17.2 Å². The van der Waals surface area contributed by atoms with E-state index in [2.05, 4.69) is 29.0 Å². The van der Waals surface area contributed by atoms with E-state index >= 15 is 0 Å². The maximum atomic E-state index is 12.0. The fraction of sp³-hybridized carbons (Fsp3) is 0.667. The van der Waals surface area contributed by atoms with Gasteiger partial charge >= 0.3 is 0 Å². The molecule has 0 bridgehead atoms. The minimum atomic E-state index is -0.143. The zero-order chi connectivity index (χ0) is 14.4. The molecule has 7 heteroatoms. The van der Waals surface area contributed by atoms with Gasteiger partial charge in [0.05, 0.1) is 0 Å². The first-order chi connectivity index (χ1) is 8.99. The number of carbonyl (C=O) groups excluding carboxylic acids is 1. The van der Waals surface area contributed by atoms with Gasteiger partial charge in [-0.05, 0) is 27.9 Å². The lowest BCUT2D eigenvalue weighted by atomic mass is 10.4. The number of aromatic nitrogens is 1. The van der Waals surface area contributed by atoms with Crippen molar-refractivity contribution < 1.29 is 4.79 Å². The topological polar surface area (TPSA) is 74.5 Å². The van der Waals surface area contributed by atoms with Crippen molar-refractivity contribution in [2.75, 3.05) is 50.9 Å². The highest BCUT2D eigenvalue weighted by atomic mass is 32.1. The van der Waals surface area contributed by atoms with Crippen LogP contribution in [-0.4, -0.2) is 56.1 Å². The SMILES string of the molecule is CCN(CC)c1nc(N)c(C(=O)NCCN(C)C)s1. The third-order valence-electron chi connectivity index (χ3n) is 2.73. The lowest BCUT2D eigenvalue weighted by Crippen LogP contribution is -2.31. The molecule has 0 aliphatic rings. The van der Waals surface area contributed by atoms with Crippen molar-refractivity contribution in [2.24, 2.45) is 0 Å². The van der Waals surface area contributed by atoms with Crippen LogP contribution in [0.3, 0.4) is 0 Å². The Kier molecular flexibility index (Phi) is 6.04. The second kappa shape index (κ2) is 7.30. The lowest BCUT2D eigenvalue weighted by molar-refractivity contribution is 0.0956. The number of carbonyl (C=O) groups is 1. The number of likely N-dealkylation sites (N-methyl/N-ethyl adjacent to an activating group) is 1. The predicted molar refractivity (Wildman–Crippen MR) is 81.0 cm³/mol. The number of nitrogens with one attached hydrogen (secondary N) is 1. The Morgan fingerprint density at radius 3 is 2.53 bits per heavy atom. The smallest absolute Gasteiger partial charge is 0.265 e. The molecule has 0 fully saturated rings. The summed E-state index contributed by atoms with van der Waals surface area (Å²) in [5.41, 5.74) is 5.82. The van der Waals surface area contributed by atoms with Gasteiger partial charge in [-0.25, -0.2) is 4.98 Å². The summed E-state index contributed by atoms with van der Waals surface area (Å²) in [6.45, 7) is 7.21. The molecule has 0 atom stereocenters. The number of rotatable bonds is 7. The van der Waals surface area contributed by atoms with Crippen molar-refractivity contribution in [1.29, 1.82) is 0 Å². The fourth-order valence-electron chi connectivity index (χ4n) is 1.59. The van der Waals surface area contributed by atoms with Crippen molar-refractivity contribution >= 4 is 28.2 Å².